The van der Waals surface area contributed by atoms with Crippen LogP contribution in [0.15, 0.2) is 97.1 Å². The maximum absolute atomic E-state index is 12.9. The van der Waals surface area contributed by atoms with Crippen LogP contribution in [0, 0.1) is 0 Å². The van der Waals surface area contributed by atoms with Crippen LogP contribution in [-0.2, 0) is 9.59 Å². The van der Waals surface area contributed by atoms with Crippen molar-refractivity contribution in [3.05, 3.63) is 124 Å². The van der Waals surface area contributed by atoms with Gasteiger partial charge in [0, 0.05) is 16.5 Å². The number of aliphatic carboxylic acids is 2. The Kier molecular flexibility index (Phi) is 9.45. The van der Waals surface area contributed by atoms with Gasteiger partial charge in [0.05, 0.1) is 4.88 Å². The molecule has 0 fully saturated rings. The van der Waals surface area contributed by atoms with E-state index in [1.807, 2.05) is 42.5 Å². The number of hydrogen-bond acceptors (Lipinski definition) is 5. The number of hydrogen-bond donors (Lipinski definition) is 4. The number of halogens is 3. The quantitative estimate of drug-likeness (QED) is 0.216. The molecule has 0 aliphatic rings. The highest BCUT2D eigenvalue weighted by Gasteiger charge is 2.38. The van der Waals surface area contributed by atoms with Crippen LogP contribution in [0.2, 0.25) is 0 Å². The smallest absolute Gasteiger partial charge is 0.479 e. The van der Waals surface area contributed by atoms with Crippen molar-refractivity contribution < 1.29 is 37.8 Å². The molecule has 202 valence electrons. The Hall–Kier alpha value is -4.64. The molecule has 5 N–H and O–H groups in total. The van der Waals surface area contributed by atoms with Gasteiger partial charge in [-0.2, -0.15) is 13.2 Å². The number of carbonyl (C=O) groups is 3. The maximum atomic E-state index is 12.9. The fraction of sp³-hybridized carbons (Fsp3) is 0.107. The molecule has 0 aliphatic heterocycles. The van der Waals surface area contributed by atoms with E-state index < -0.39 is 30.1 Å². The third-order valence-electron chi connectivity index (χ3n) is 5.44. The normalized spacial score (nSPS) is 11.7. The lowest BCUT2D eigenvalue weighted by atomic mass is 9.90. The number of anilines is 1. The summed E-state index contributed by atoms with van der Waals surface area (Å²) in [6, 6.07) is 29.2. The van der Waals surface area contributed by atoms with Crippen LogP contribution in [0.3, 0.4) is 0 Å². The number of carboxylic acid groups (broad SMARTS) is 2. The molecule has 0 radical (unpaired) electrons. The minimum absolute atomic E-state index is 0.0173. The predicted octanol–water partition coefficient (Wildman–Crippen LogP) is 5.70. The molecule has 0 spiro atoms. The summed E-state index contributed by atoms with van der Waals surface area (Å²) >= 11 is 1.37. The van der Waals surface area contributed by atoms with Crippen molar-refractivity contribution in [2.24, 2.45) is 0 Å². The van der Waals surface area contributed by atoms with E-state index in [1.54, 1.807) is 30.3 Å². The molecule has 1 aromatic heterocycles. The molecule has 39 heavy (non-hydrogen) atoms. The van der Waals surface area contributed by atoms with Gasteiger partial charge in [0.2, 0.25) is 0 Å². The van der Waals surface area contributed by atoms with Gasteiger partial charge < -0.3 is 21.3 Å². The molecule has 4 rings (SSSR count). The Bertz CT molecular complexity index is 1370. The average Bonchev–Trinajstić information content (AvgIpc) is 3.39. The van der Waals surface area contributed by atoms with Crippen molar-refractivity contribution in [2.75, 3.05) is 5.73 Å². The molecule has 11 heteroatoms. The first-order chi connectivity index (χ1) is 18.5. The van der Waals surface area contributed by atoms with Crippen LogP contribution in [0.25, 0.3) is 0 Å². The van der Waals surface area contributed by atoms with E-state index in [0.29, 0.717) is 16.1 Å². The maximum Gasteiger partial charge on any atom is 0.490 e. The summed E-state index contributed by atoms with van der Waals surface area (Å²) in [5, 5.41) is 19.4. The van der Waals surface area contributed by atoms with Crippen LogP contribution in [0.4, 0.5) is 18.9 Å². The zero-order chi connectivity index (χ0) is 28.6. The van der Waals surface area contributed by atoms with Crippen LogP contribution in [0.5, 0.6) is 0 Å². The van der Waals surface area contributed by atoms with E-state index >= 15 is 0 Å². The minimum Gasteiger partial charge on any atom is -0.479 e. The fourth-order valence-electron chi connectivity index (χ4n) is 3.62. The molecular weight excluding hydrogens is 533 g/mol. The minimum atomic E-state index is -5.08. The second kappa shape index (κ2) is 12.7. The molecular formula is C28H23F3N2O5S. The fourth-order valence-corrected chi connectivity index (χ4v) is 4.69. The second-order valence-electron chi connectivity index (χ2n) is 8.17. The number of benzene rings is 3. The lowest BCUT2D eigenvalue weighted by Gasteiger charge is -2.17. The number of alkyl halides is 3. The van der Waals surface area contributed by atoms with Gasteiger partial charge in [-0.1, -0.05) is 72.8 Å². The highest BCUT2D eigenvalue weighted by atomic mass is 32.1. The Morgan fingerprint density at radius 1 is 0.744 bits per heavy atom. The van der Waals surface area contributed by atoms with Gasteiger partial charge in [-0.25, -0.2) is 9.59 Å². The summed E-state index contributed by atoms with van der Waals surface area (Å²) < 4.78 is 31.7. The summed E-state index contributed by atoms with van der Waals surface area (Å²) in [5.41, 5.74) is 8.92. The third kappa shape index (κ3) is 7.92. The summed E-state index contributed by atoms with van der Waals surface area (Å²) in [6.07, 6.45) is -5.08. The first-order valence-corrected chi connectivity index (χ1v) is 12.2. The van der Waals surface area contributed by atoms with Crippen LogP contribution >= 0.6 is 11.3 Å². The first-order valence-electron chi connectivity index (χ1n) is 11.4. The molecule has 1 amide bonds. The van der Waals surface area contributed by atoms with E-state index in [4.69, 9.17) is 15.6 Å². The van der Waals surface area contributed by atoms with E-state index in [0.717, 1.165) is 16.0 Å². The zero-order valence-corrected chi connectivity index (χ0v) is 20.9. The monoisotopic (exact) mass is 556 g/mol. The van der Waals surface area contributed by atoms with Crippen LogP contribution in [-0.4, -0.2) is 34.2 Å². The molecule has 1 heterocycles. The number of nitrogens with one attached hydrogen (secondary N) is 1. The van der Waals surface area contributed by atoms with Crippen molar-refractivity contribution in [2.45, 2.75) is 18.1 Å². The molecule has 0 unspecified atom stereocenters. The van der Waals surface area contributed by atoms with Crippen molar-refractivity contribution in [1.82, 2.24) is 5.32 Å². The van der Waals surface area contributed by atoms with Crippen molar-refractivity contribution in [3.63, 3.8) is 0 Å². The van der Waals surface area contributed by atoms with Crippen LogP contribution < -0.4 is 11.1 Å². The number of amides is 1. The number of carbonyl (C=O) groups excluding carboxylic acids is 1. The summed E-state index contributed by atoms with van der Waals surface area (Å²) in [4.78, 5) is 35.1. The first kappa shape index (κ1) is 28.9. The Morgan fingerprint density at radius 3 is 1.67 bits per heavy atom. The zero-order valence-electron chi connectivity index (χ0n) is 20.1. The Balaban J connectivity index is 0.000000532. The summed E-state index contributed by atoms with van der Waals surface area (Å²) in [6.45, 7) is 0. The number of nitrogen functional groups attached to an aromatic ring is 1. The largest absolute Gasteiger partial charge is 0.490 e. The SMILES string of the molecule is Nc1ccc([C@H](NC(=O)c2ccc(C(c3ccccc3)c3ccccc3)s2)C(=O)O)cc1.O=C(O)C(F)(F)F. The van der Waals surface area contributed by atoms with Crippen molar-refractivity contribution in [1.29, 1.82) is 0 Å². The van der Waals surface area contributed by atoms with Gasteiger partial charge in [0.15, 0.2) is 6.04 Å². The molecule has 0 saturated heterocycles. The Morgan fingerprint density at radius 2 is 1.23 bits per heavy atom. The lowest BCUT2D eigenvalue weighted by Crippen LogP contribution is -2.33. The lowest BCUT2D eigenvalue weighted by molar-refractivity contribution is -0.192. The van der Waals surface area contributed by atoms with Crippen molar-refractivity contribution >= 4 is 34.9 Å². The number of thiophene rings is 1. The highest BCUT2D eigenvalue weighted by molar-refractivity contribution is 7.14. The van der Waals surface area contributed by atoms with E-state index in [2.05, 4.69) is 29.6 Å². The highest BCUT2D eigenvalue weighted by Crippen LogP contribution is 2.36. The van der Waals surface area contributed by atoms with Crippen LogP contribution in [0.1, 0.15) is 43.2 Å². The van der Waals surface area contributed by atoms with Crippen molar-refractivity contribution in [3.8, 4) is 0 Å². The topological polar surface area (TPSA) is 130 Å². The van der Waals surface area contributed by atoms with Gasteiger partial charge in [-0.3, -0.25) is 4.79 Å². The van der Waals surface area contributed by atoms with Gasteiger partial charge in [-0.15, -0.1) is 11.3 Å². The second-order valence-corrected chi connectivity index (χ2v) is 9.29. The summed E-state index contributed by atoms with van der Waals surface area (Å²) in [7, 11) is 0. The molecule has 7 nitrogen and oxygen atoms in total. The molecule has 3 aromatic carbocycles. The van der Waals surface area contributed by atoms with E-state index in [1.165, 1.54) is 11.3 Å². The predicted molar refractivity (Wildman–Crippen MR) is 141 cm³/mol. The average molecular weight is 557 g/mol. The van der Waals surface area contributed by atoms with Gasteiger partial charge in [0.25, 0.3) is 5.91 Å². The Labute approximate surface area is 225 Å². The number of nitrogens with two attached hydrogens (primary N) is 1. The van der Waals surface area contributed by atoms with Gasteiger partial charge >= 0.3 is 18.1 Å². The molecule has 1 atom stereocenters. The molecule has 0 aliphatic carbocycles. The van der Waals surface area contributed by atoms with Gasteiger partial charge in [0.1, 0.15) is 0 Å². The van der Waals surface area contributed by atoms with Gasteiger partial charge in [-0.05, 0) is 41.0 Å². The molecule has 0 saturated carbocycles. The number of carboxylic acids is 2. The molecule has 4 aromatic rings. The summed E-state index contributed by atoms with van der Waals surface area (Å²) in [5.74, 6) is -4.33. The van der Waals surface area contributed by atoms with E-state index in [-0.39, 0.29) is 5.92 Å². The van der Waals surface area contributed by atoms with E-state index in [9.17, 15) is 27.9 Å². The standard InChI is InChI=1S/C26H22N2O3S.C2HF3O2/c27-20-13-11-19(12-14-20)24(26(30)31)28-25(29)22-16-15-21(32-22)23(17-7-3-1-4-8-17)18-9-5-2-6-10-18;3-2(4,5)1(6)7/h1-16,23-24H,27H2,(H,28,29)(H,30,31);(H,6,7)/t24-;/m0./s1. The molecule has 0 bridgehead atoms. The third-order valence-corrected chi connectivity index (χ3v) is 6.58. The number of rotatable bonds is 7.